The van der Waals surface area contributed by atoms with Gasteiger partial charge in [0, 0.05) is 17.6 Å². The van der Waals surface area contributed by atoms with Crippen molar-refractivity contribution in [3.05, 3.63) is 35.7 Å². The summed E-state index contributed by atoms with van der Waals surface area (Å²) in [5.41, 5.74) is 2.41. The number of anilines is 1. The van der Waals surface area contributed by atoms with E-state index in [4.69, 9.17) is 4.42 Å². The first kappa shape index (κ1) is 18.0. The number of nitrogens with zero attached hydrogens (tertiary/aromatic N) is 3. The molecule has 0 saturated heterocycles. The van der Waals surface area contributed by atoms with Crippen molar-refractivity contribution in [2.24, 2.45) is 17.8 Å². The van der Waals surface area contributed by atoms with Crippen LogP contribution in [0.2, 0.25) is 0 Å². The second-order valence-corrected chi connectivity index (χ2v) is 11.0. The number of amides is 1. The summed E-state index contributed by atoms with van der Waals surface area (Å²) >= 11 is 1.41. The van der Waals surface area contributed by atoms with Crippen molar-refractivity contribution in [1.82, 2.24) is 10.2 Å². The zero-order chi connectivity index (χ0) is 19.6. The first-order chi connectivity index (χ1) is 14.1. The molecule has 0 spiro atoms. The average Bonchev–Trinajstić information content (AvgIpc) is 3.34. The standard InChI is InChI=1S/C23H27N3O2S/c1-14(20(27)26-7-6-18-4-2-3-5-19(18)26)29-22-25-24-21(28-22)23-11-15-8-16(12-23)10-17(9-15)13-23/h2-5,14-17H,6-13H2,1H3/t14-,15?,16?,17?,23?/m0/s1. The number of carbonyl (C=O) groups excluding carboxylic acids is 1. The van der Waals surface area contributed by atoms with Gasteiger partial charge in [-0.15, -0.1) is 10.2 Å². The van der Waals surface area contributed by atoms with Gasteiger partial charge in [-0.25, -0.2) is 0 Å². The SMILES string of the molecule is C[C@H](Sc1nnc(C23CC4CC(CC(C4)C2)C3)o1)C(=O)N1CCc2ccccc21. The quantitative estimate of drug-likeness (QED) is 0.690. The average molecular weight is 410 g/mol. The lowest BCUT2D eigenvalue weighted by molar-refractivity contribution is -0.117. The largest absolute Gasteiger partial charge is 0.415 e. The van der Waals surface area contributed by atoms with Crippen LogP contribution in [0.5, 0.6) is 0 Å². The van der Waals surface area contributed by atoms with Crippen LogP contribution in [0, 0.1) is 17.8 Å². The van der Waals surface area contributed by atoms with E-state index in [1.165, 1.54) is 55.9 Å². The number of thioether (sulfide) groups is 1. The number of fused-ring (bicyclic) bond motifs is 1. The van der Waals surface area contributed by atoms with Crippen molar-refractivity contribution in [1.29, 1.82) is 0 Å². The topological polar surface area (TPSA) is 59.2 Å². The van der Waals surface area contributed by atoms with Gasteiger partial charge >= 0.3 is 0 Å². The summed E-state index contributed by atoms with van der Waals surface area (Å²) in [5.74, 6) is 3.50. The minimum atomic E-state index is -0.245. The zero-order valence-electron chi connectivity index (χ0n) is 16.8. The van der Waals surface area contributed by atoms with Gasteiger partial charge in [-0.1, -0.05) is 30.0 Å². The lowest BCUT2D eigenvalue weighted by atomic mass is 9.49. The highest BCUT2D eigenvalue weighted by atomic mass is 32.2. The van der Waals surface area contributed by atoms with E-state index < -0.39 is 0 Å². The van der Waals surface area contributed by atoms with Crippen LogP contribution in [0.25, 0.3) is 0 Å². The van der Waals surface area contributed by atoms with Crippen LogP contribution in [0.4, 0.5) is 5.69 Å². The van der Waals surface area contributed by atoms with Crippen LogP contribution in [0.1, 0.15) is 56.9 Å². The Balaban J connectivity index is 1.18. The van der Waals surface area contributed by atoms with Crippen molar-refractivity contribution in [3.63, 3.8) is 0 Å². The van der Waals surface area contributed by atoms with Gasteiger partial charge in [0.1, 0.15) is 0 Å². The van der Waals surface area contributed by atoms with E-state index in [1.807, 2.05) is 30.0 Å². The van der Waals surface area contributed by atoms with Crippen LogP contribution in [0.3, 0.4) is 0 Å². The maximum absolute atomic E-state index is 13.1. The van der Waals surface area contributed by atoms with Gasteiger partial charge in [0.25, 0.3) is 5.22 Å². The Morgan fingerprint density at radius 3 is 2.55 bits per heavy atom. The van der Waals surface area contributed by atoms with Crippen molar-refractivity contribution in [2.45, 2.75) is 67.8 Å². The molecule has 6 heteroatoms. The monoisotopic (exact) mass is 409 g/mol. The van der Waals surface area contributed by atoms with Gasteiger partial charge in [0.2, 0.25) is 11.8 Å². The number of hydrogen-bond donors (Lipinski definition) is 0. The summed E-state index contributed by atoms with van der Waals surface area (Å²) in [5, 5.41) is 9.13. The lowest BCUT2D eigenvalue weighted by Gasteiger charge is -2.55. The van der Waals surface area contributed by atoms with E-state index in [1.54, 1.807) is 0 Å². The molecule has 1 amide bonds. The first-order valence-corrected chi connectivity index (χ1v) is 11.9. The van der Waals surface area contributed by atoms with Gasteiger partial charge in [0.15, 0.2) is 0 Å². The molecule has 5 nitrogen and oxygen atoms in total. The molecule has 1 atom stereocenters. The molecule has 4 aliphatic carbocycles. The predicted molar refractivity (Wildman–Crippen MR) is 112 cm³/mol. The van der Waals surface area contributed by atoms with E-state index in [9.17, 15) is 4.79 Å². The van der Waals surface area contributed by atoms with E-state index in [0.717, 1.165) is 42.3 Å². The van der Waals surface area contributed by atoms with Crippen molar-refractivity contribution >= 4 is 23.4 Å². The summed E-state index contributed by atoms with van der Waals surface area (Å²) in [6.07, 6.45) is 8.77. The molecule has 0 unspecified atom stereocenters. The fraction of sp³-hybridized carbons (Fsp3) is 0.609. The molecule has 0 N–H and O–H groups in total. The minimum absolute atomic E-state index is 0.113. The Labute approximate surface area is 175 Å². The fourth-order valence-electron chi connectivity index (χ4n) is 6.83. The Hall–Kier alpha value is -1.82. The van der Waals surface area contributed by atoms with E-state index in [2.05, 4.69) is 16.3 Å². The highest BCUT2D eigenvalue weighted by Gasteiger charge is 2.54. The molecule has 4 saturated carbocycles. The van der Waals surface area contributed by atoms with Crippen LogP contribution in [0.15, 0.2) is 33.9 Å². The van der Waals surface area contributed by atoms with Crippen LogP contribution in [-0.2, 0) is 16.6 Å². The van der Waals surface area contributed by atoms with Crippen molar-refractivity contribution in [2.75, 3.05) is 11.4 Å². The van der Waals surface area contributed by atoms with Gasteiger partial charge in [0.05, 0.1) is 5.25 Å². The third-order valence-corrected chi connectivity index (χ3v) is 8.60. The molecule has 29 heavy (non-hydrogen) atoms. The van der Waals surface area contributed by atoms with Crippen LogP contribution >= 0.6 is 11.8 Å². The molecule has 5 aliphatic rings. The second kappa shape index (κ2) is 6.59. The summed E-state index contributed by atoms with van der Waals surface area (Å²) in [6, 6.07) is 8.18. The number of carbonyl (C=O) groups is 1. The Morgan fingerprint density at radius 1 is 1.14 bits per heavy atom. The minimum Gasteiger partial charge on any atom is -0.415 e. The molecule has 2 heterocycles. The summed E-state index contributed by atoms with van der Waals surface area (Å²) in [4.78, 5) is 15.0. The van der Waals surface area contributed by atoms with Crippen LogP contribution in [-0.4, -0.2) is 27.9 Å². The molecule has 7 rings (SSSR count). The highest BCUT2D eigenvalue weighted by Crippen LogP contribution is 2.60. The van der Waals surface area contributed by atoms with Gasteiger partial charge in [-0.2, -0.15) is 0 Å². The molecule has 1 aromatic heterocycles. The molecule has 1 aromatic carbocycles. The summed E-state index contributed by atoms with van der Waals surface area (Å²) in [6.45, 7) is 2.70. The lowest BCUT2D eigenvalue weighted by Crippen LogP contribution is -2.48. The predicted octanol–water partition coefficient (Wildman–Crippen LogP) is 4.61. The number of rotatable bonds is 4. The maximum Gasteiger partial charge on any atom is 0.277 e. The third kappa shape index (κ3) is 2.94. The van der Waals surface area contributed by atoms with Gasteiger partial charge in [-0.05, 0) is 81.3 Å². The number of hydrogen-bond acceptors (Lipinski definition) is 5. The molecule has 4 fully saturated rings. The van der Waals surface area contributed by atoms with Gasteiger partial charge < -0.3 is 9.32 Å². The molecular formula is C23H27N3O2S. The second-order valence-electron chi connectivity index (χ2n) is 9.70. The number of aromatic nitrogens is 2. The van der Waals surface area contributed by atoms with Crippen molar-refractivity contribution < 1.29 is 9.21 Å². The Kier molecular flexibility index (Phi) is 4.09. The summed E-state index contributed by atoms with van der Waals surface area (Å²) in [7, 11) is 0. The molecule has 0 radical (unpaired) electrons. The normalized spacial score (nSPS) is 33.1. The van der Waals surface area contributed by atoms with E-state index in [0.29, 0.717) is 5.22 Å². The fourth-order valence-corrected chi connectivity index (χ4v) is 7.58. The molecule has 152 valence electrons. The molecule has 1 aliphatic heterocycles. The first-order valence-electron chi connectivity index (χ1n) is 11.0. The van der Waals surface area contributed by atoms with Crippen LogP contribution < -0.4 is 4.90 Å². The summed E-state index contributed by atoms with van der Waals surface area (Å²) < 4.78 is 6.19. The highest BCUT2D eigenvalue weighted by molar-refractivity contribution is 8.00. The van der Waals surface area contributed by atoms with Crippen molar-refractivity contribution in [3.8, 4) is 0 Å². The number of benzene rings is 1. The Bertz CT molecular complexity index is 920. The molecule has 4 bridgehead atoms. The van der Waals surface area contributed by atoms with E-state index in [-0.39, 0.29) is 16.6 Å². The molecule has 2 aromatic rings. The van der Waals surface area contributed by atoms with Gasteiger partial charge in [-0.3, -0.25) is 4.79 Å². The smallest absolute Gasteiger partial charge is 0.277 e. The maximum atomic E-state index is 13.1. The zero-order valence-corrected chi connectivity index (χ0v) is 17.7. The number of para-hydroxylation sites is 1. The Morgan fingerprint density at radius 2 is 1.83 bits per heavy atom. The molecular weight excluding hydrogens is 382 g/mol. The van der Waals surface area contributed by atoms with E-state index >= 15 is 0 Å². The third-order valence-electron chi connectivity index (χ3n) is 7.68.